The van der Waals surface area contributed by atoms with E-state index in [0.29, 0.717) is 0 Å². The molecule has 0 radical (unpaired) electrons. The highest BCUT2D eigenvalue weighted by molar-refractivity contribution is 5.37. The van der Waals surface area contributed by atoms with E-state index in [1.54, 1.807) is 0 Å². The molecule has 21 heavy (non-hydrogen) atoms. The van der Waals surface area contributed by atoms with Crippen LogP contribution >= 0.6 is 0 Å². The van der Waals surface area contributed by atoms with Crippen molar-refractivity contribution in [3.8, 4) is 0 Å². The minimum Gasteiger partial charge on any atom is -0.305 e. The topological polar surface area (TPSA) is 24.9 Å². The lowest BCUT2D eigenvalue weighted by Gasteiger charge is -2.22. The molecule has 0 aliphatic rings. The minimum atomic E-state index is 0.180. The molecule has 1 atom stereocenters. The van der Waals surface area contributed by atoms with E-state index in [0.717, 1.165) is 19.4 Å². The molecule has 2 heteroatoms. The van der Waals surface area contributed by atoms with Crippen molar-refractivity contribution in [2.24, 2.45) is 0 Å². The Kier molecular flexibility index (Phi) is 5.51. The van der Waals surface area contributed by atoms with Gasteiger partial charge in [0.05, 0.1) is 11.7 Å². The van der Waals surface area contributed by atoms with E-state index >= 15 is 0 Å². The number of benzene rings is 1. The zero-order valence-corrected chi connectivity index (χ0v) is 13.6. The molecule has 0 fully saturated rings. The van der Waals surface area contributed by atoms with E-state index in [9.17, 15) is 0 Å². The third-order valence-electron chi connectivity index (χ3n) is 3.76. The SMILES string of the molecule is CCCNC(c1cc(C)cc(C)c1)c1ncccc1CC. The van der Waals surface area contributed by atoms with Crippen LogP contribution in [0.5, 0.6) is 0 Å². The van der Waals surface area contributed by atoms with E-state index in [4.69, 9.17) is 0 Å². The third kappa shape index (κ3) is 3.92. The van der Waals surface area contributed by atoms with Gasteiger partial charge in [0.2, 0.25) is 0 Å². The van der Waals surface area contributed by atoms with Crippen LogP contribution in [0.1, 0.15) is 54.3 Å². The molecule has 1 heterocycles. The Morgan fingerprint density at radius 2 is 1.81 bits per heavy atom. The Morgan fingerprint density at radius 1 is 1.10 bits per heavy atom. The fraction of sp³-hybridized carbons (Fsp3) is 0.421. The summed E-state index contributed by atoms with van der Waals surface area (Å²) in [5.41, 5.74) is 6.42. The normalized spacial score (nSPS) is 12.4. The molecule has 2 aromatic rings. The molecule has 0 saturated carbocycles. The number of nitrogens with zero attached hydrogens (tertiary/aromatic N) is 1. The lowest BCUT2D eigenvalue weighted by Crippen LogP contribution is -2.25. The maximum Gasteiger partial charge on any atom is 0.0754 e. The lowest BCUT2D eigenvalue weighted by molar-refractivity contribution is 0.581. The Balaban J connectivity index is 2.46. The van der Waals surface area contributed by atoms with E-state index in [1.165, 1.54) is 27.9 Å². The van der Waals surface area contributed by atoms with Gasteiger partial charge in [-0.05, 0) is 50.4 Å². The van der Waals surface area contributed by atoms with Crippen molar-refractivity contribution in [3.05, 3.63) is 64.5 Å². The molecule has 112 valence electrons. The van der Waals surface area contributed by atoms with Crippen molar-refractivity contribution < 1.29 is 0 Å². The number of nitrogens with one attached hydrogen (secondary N) is 1. The van der Waals surface area contributed by atoms with Gasteiger partial charge in [0.25, 0.3) is 0 Å². The molecule has 1 aromatic heterocycles. The second kappa shape index (κ2) is 7.37. The van der Waals surface area contributed by atoms with Gasteiger partial charge in [0.1, 0.15) is 0 Å². The summed E-state index contributed by atoms with van der Waals surface area (Å²) < 4.78 is 0. The second-order valence-electron chi connectivity index (χ2n) is 5.71. The second-order valence-corrected chi connectivity index (χ2v) is 5.71. The van der Waals surface area contributed by atoms with Crippen molar-refractivity contribution in [2.45, 2.75) is 46.6 Å². The Labute approximate surface area is 128 Å². The largest absolute Gasteiger partial charge is 0.305 e. The molecule has 0 aliphatic heterocycles. The van der Waals surface area contributed by atoms with Gasteiger partial charge in [-0.1, -0.05) is 49.2 Å². The van der Waals surface area contributed by atoms with Crippen molar-refractivity contribution in [2.75, 3.05) is 6.54 Å². The van der Waals surface area contributed by atoms with Gasteiger partial charge in [0.15, 0.2) is 0 Å². The molecule has 2 nitrogen and oxygen atoms in total. The first kappa shape index (κ1) is 15.7. The van der Waals surface area contributed by atoms with Gasteiger partial charge in [-0.25, -0.2) is 0 Å². The van der Waals surface area contributed by atoms with E-state index in [1.807, 2.05) is 12.3 Å². The summed E-state index contributed by atoms with van der Waals surface area (Å²) in [6.45, 7) is 9.71. The summed E-state index contributed by atoms with van der Waals surface area (Å²) in [4.78, 5) is 4.68. The average molecular weight is 282 g/mol. The van der Waals surface area contributed by atoms with Crippen LogP contribution in [0.3, 0.4) is 0 Å². The molecule has 0 spiro atoms. The molecule has 1 aromatic carbocycles. The summed E-state index contributed by atoms with van der Waals surface area (Å²) in [6, 6.07) is 11.2. The van der Waals surface area contributed by atoms with Crippen molar-refractivity contribution in [1.29, 1.82) is 0 Å². The fourth-order valence-corrected chi connectivity index (χ4v) is 2.85. The summed E-state index contributed by atoms with van der Waals surface area (Å²) in [7, 11) is 0. The molecule has 0 aliphatic carbocycles. The van der Waals surface area contributed by atoms with Crippen molar-refractivity contribution in [3.63, 3.8) is 0 Å². The van der Waals surface area contributed by atoms with E-state index < -0.39 is 0 Å². The number of pyridine rings is 1. The summed E-state index contributed by atoms with van der Waals surface area (Å²) in [6.07, 6.45) is 4.03. The maximum atomic E-state index is 4.68. The highest BCUT2D eigenvalue weighted by atomic mass is 14.9. The summed E-state index contributed by atoms with van der Waals surface area (Å²) >= 11 is 0. The molecule has 0 bridgehead atoms. The van der Waals surface area contributed by atoms with Crippen LogP contribution in [-0.4, -0.2) is 11.5 Å². The van der Waals surface area contributed by atoms with Gasteiger partial charge >= 0.3 is 0 Å². The van der Waals surface area contributed by atoms with Crippen LogP contribution in [0.2, 0.25) is 0 Å². The standard InChI is InChI=1S/C19H26N2/c1-5-9-20-19(17-12-14(3)11-15(4)13-17)18-16(6-2)8-7-10-21-18/h7-8,10-13,19-20H,5-6,9H2,1-4H3. The van der Waals surface area contributed by atoms with Crippen LogP contribution in [-0.2, 0) is 6.42 Å². The van der Waals surface area contributed by atoms with Gasteiger partial charge in [-0.15, -0.1) is 0 Å². The maximum absolute atomic E-state index is 4.68. The Morgan fingerprint density at radius 3 is 2.43 bits per heavy atom. The van der Waals surface area contributed by atoms with Crippen molar-refractivity contribution >= 4 is 0 Å². The first-order valence-electron chi connectivity index (χ1n) is 7.91. The number of hydrogen-bond acceptors (Lipinski definition) is 2. The lowest BCUT2D eigenvalue weighted by atomic mass is 9.95. The average Bonchev–Trinajstić information content (AvgIpc) is 2.47. The zero-order valence-electron chi connectivity index (χ0n) is 13.6. The smallest absolute Gasteiger partial charge is 0.0754 e. The molecule has 1 unspecified atom stereocenters. The number of hydrogen-bond donors (Lipinski definition) is 1. The number of aromatic nitrogens is 1. The van der Waals surface area contributed by atoms with Gasteiger partial charge in [-0.3, -0.25) is 4.98 Å². The van der Waals surface area contributed by atoms with Gasteiger partial charge in [0, 0.05) is 6.20 Å². The van der Waals surface area contributed by atoms with E-state index in [2.05, 4.69) is 62.3 Å². The minimum absolute atomic E-state index is 0.180. The van der Waals surface area contributed by atoms with Gasteiger partial charge in [-0.2, -0.15) is 0 Å². The molecular formula is C19H26N2. The summed E-state index contributed by atoms with van der Waals surface area (Å²) in [5.74, 6) is 0. The number of aryl methyl sites for hydroxylation is 3. The zero-order chi connectivity index (χ0) is 15.2. The Hall–Kier alpha value is -1.67. The van der Waals surface area contributed by atoms with Gasteiger partial charge < -0.3 is 5.32 Å². The molecular weight excluding hydrogens is 256 g/mol. The first-order valence-corrected chi connectivity index (χ1v) is 7.91. The molecule has 2 rings (SSSR count). The van der Waals surface area contributed by atoms with E-state index in [-0.39, 0.29) is 6.04 Å². The number of rotatable bonds is 6. The first-order chi connectivity index (χ1) is 10.2. The molecule has 0 amide bonds. The van der Waals surface area contributed by atoms with Crippen LogP contribution in [0.25, 0.3) is 0 Å². The third-order valence-corrected chi connectivity index (χ3v) is 3.76. The monoisotopic (exact) mass is 282 g/mol. The quantitative estimate of drug-likeness (QED) is 0.852. The van der Waals surface area contributed by atoms with Crippen molar-refractivity contribution in [1.82, 2.24) is 10.3 Å². The van der Waals surface area contributed by atoms with Crippen LogP contribution < -0.4 is 5.32 Å². The van der Waals surface area contributed by atoms with Crippen LogP contribution in [0, 0.1) is 13.8 Å². The predicted octanol–water partition coefficient (Wildman–Crippen LogP) is 4.35. The predicted molar refractivity (Wildman–Crippen MR) is 89.7 cm³/mol. The fourth-order valence-electron chi connectivity index (χ4n) is 2.85. The highest BCUT2D eigenvalue weighted by Gasteiger charge is 2.18. The summed E-state index contributed by atoms with van der Waals surface area (Å²) in [5, 5.41) is 3.67. The highest BCUT2D eigenvalue weighted by Crippen LogP contribution is 2.25. The molecule has 0 saturated heterocycles. The van der Waals surface area contributed by atoms with Crippen LogP contribution in [0.4, 0.5) is 0 Å². The Bertz CT molecular complexity index is 570. The molecule has 1 N–H and O–H groups in total. The van der Waals surface area contributed by atoms with Crippen LogP contribution in [0.15, 0.2) is 36.5 Å².